The number of amides is 1. The average molecular weight is 313 g/mol. The second kappa shape index (κ2) is 6.83. The van der Waals surface area contributed by atoms with Gasteiger partial charge < -0.3 is 14.4 Å². The summed E-state index contributed by atoms with van der Waals surface area (Å²) in [6.45, 7) is 0.245. The van der Waals surface area contributed by atoms with Crippen LogP contribution in [0.2, 0.25) is 0 Å². The predicted octanol–water partition coefficient (Wildman–Crippen LogP) is 1.76. The standard InChI is InChI=1S/C15H17F2NO4/c1-21-12-3-4-18(13(8-12)15(20)22-2)14(19)9-5-10(16)7-11(17)6-9/h5-7,12-13H,3-4,8H2,1-2H3/t12-,13-/m1/s1. The lowest BCUT2D eigenvalue weighted by Gasteiger charge is -2.37. The molecule has 0 aliphatic carbocycles. The summed E-state index contributed by atoms with van der Waals surface area (Å²) in [6, 6.07) is 1.75. The molecule has 1 aliphatic rings. The summed E-state index contributed by atoms with van der Waals surface area (Å²) in [4.78, 5) is 25.6. The topological polar surface area (TPSA) is 55.8 Å². The Balaban J connectivity index is 2.27. The van der Waals surface area contributed by atoms with E-state index in [1.54, 1.807) is 0 Å². The van der Waals surface area contributed by atoms with Crippen LogP contribution < -0.4 is 0 Å². The molecule has 1 aliphatic heterocycles. The molecule has 0 radical (unpaired) electrons. The van der Waals surface area contributed by atoms with Gasteiger partial charge in [0.1, 0.15) is 17.7 Å². The summed E-state index contributed by atoms with van der Waals surface area (Å²) in [7, 11) is 2.75. The summed E-state index contributed by atoms with van der Waals surface area (Å²) >= 11 is 0. The highest BCUT2D eigenvalue weighted by molar-refractivity contribution is 5.97. The van der Waals surface area contributed by atoms with Crippen molar-refractivity contribution in [3.8, 4) is 0 Å². The number of ether oxygens (including phenoxy) is 2. The lowest BCUT2D eigenvalue weighted by atomic mass is 9.98. The highest BCUT2D eigenvalue weighted by atomic mass is 19.1. The van der Waals surface area contributed by atoms with Crippen LogP contribution in [0.1, 0.15) is 23.2 Å². The van der Waals surface area contributed by atoms with Gasteiger partial charge in [-0.1, -0.05) is 0 Å². The number of halogens is 2. The number of hydrogen-bond acceptors (Lipinski definition) is 4. The fourth-order valence-corrected chi connectivity index (χ4v) is 2.59. The first-order chi connectivity index (χ1) is 10.5. The first kappa shape index (κ1) is 16.4. The van der Waals surface area contributed by atoms with Crippen molar-refractivity contribution in [2.75, 3.05) is 20.8 Å². The number of methoxy groups -OCH3 is 2. The maximum Gasteiger partial charge on any atom is 0.328 e. The fourth-order valence-electron chi connectivity index (χ4n) is 2.59. The van der Waals surface area contributed by atoms with Crippen LogP contribution >= 0.6 is 0 Å². The third-order valence-corrected chi connectivity index (χ3v) is 3.73. The molecule has 1 fully saturated rings. The van der Waals surface area contributed by atoms with Crippen LogP contribution in [0.5, 0.6) is 0 Å². The average Bonchev–Trinajstić information content (AvgIpc) is 2.51. The van der Waals surface area contributed by atoms with Gasteiger partial charge in [-0.25, -0.2) is 13.6 Å². The number of piperidine rings is 1. The molecular weight excluding hydrogens is 296 g/mol. The molecule has 2 atom stereocenters. The Hall–Kier alpha value is -2.02. The molecule has 1 amide bonds. The molecule has 0 N–H and O–H groups in total. The number of carbonyl (C=O) groups excluding carboxylic acids is 2. The van der Waals surface area contributed by atoms with Gasteiger partial charge in [0.25, 0.3) is 5.91 Å². The van der Waals surface area contributed by atoms with E-state index in [-0.39, 0.29) is 24.6 Å². The fraction of sp³-hybridized carbons (Fsp3) is 0.467. The number of nitrogens with zero attached hydrogens (tertiary/aromatic N) is 1. The molecule has 0 spiro atoms. The van der Waals surface area contributed by atoms with Crippen LogP contribution in [0.15, 0.2) is 18.2 Å². The van der Waals surface area contributed by atoms with Crippen LogP contribution in [0.3, 0.4) is 0 Å². The third-order valence-electron chi connectivity index (χ3n) is 3.73. The van der Waals surface area contributed by atoms with Gasteiger partial charge in [0.05, 0.1) is 13.2 Å². The van der Waals surface area contributed by atoms with E-state index in [2.05, 4.69) is 0 Å². The van der Waals surface area contributed by atoms with Gasteiger partial charge in [-0.15, -0.1) is 0 Å². The van der Waals surface area contributed by atoms with Crippen molar-refractivity contribution in [1.82, 2.24) is 4.90 Å². The first-order valence-electron chi connectivity index (χ1n) is 6.84. The summed E-state index contributed by atoms with van der Waals surface area (Å²) in [5.41, 5.74) is -0.137. The molecule has 0 unspecified atom stereocenters. The number of likely N-dealkylation sites (tertiary alicyclic amines) is 1. The number of benzene rings is 1. The zero-order valence-corrected chi connectivity index (χ0v) is 12.3. The van der Waals surface area contributed by atoms with Crippen molar-refractivity contribution in [2.45, 2.75) is 25.0 Å². The summed E-state index contributed by atoms with van der Waals surface area (Å²) in [5, 5.41) is 0. The molecule has 120 valence electrons. The summed E-state index contributed by atoms with van der Waals surface area (Å²) < 4.78 is 36.5. The normalized spacial score (nSPS) is 21.5. The van der Waals surface area contributed by atoms with E-state index >= 15 is 0 Å². The predicted molar refractivity (Wildman–Crippen MR) is 73.2 cm³/mol. The van der Waals surface area contributed by atoms with Gasteiger partial charge in [-0.3, -0.25) is 4.79 Å². The molecule has 1 heterocycles. The van der Waals surface area contributed by atoms with E-state index in [1.807, 2.05) is 0 Å². The van der Waals surface area contributed by atoms with Gasteiger partial charge in [-0.05, 0) is 18.6 Å². The van der Waals surface area contributed by atoms with E-state index in [0.29, 0.717) is 12.5 Å². The van der Waals surface area contributed by atoms with Crippen molar-refractivity contribution in [3.05, 3.63) is 35.4 Å². The minimum Gasteiger partial charge on any atom is -0.467 e. The minimum atomic E-state index is -0.843. The smallest absolute Gasteiger partial charge is 0.328 e. The number of rotatable bonds is 3. The Labute approximate surface area is 126 Å². The maximum atomic E-state index is 13.3. The van der Waals surface area contributed by atoms with Crippen molar-refractivity contribution >= 4 is 11.9 Å². The van der Waals surface area contributed by atoms with E-state index in [1.165, 1.54) is 19.1 Å². The monoisotopic (exact) mass is 313 g/mol. The maximum absolute atomic E-state index is 13.3. The van der Waals surface area contributed by atoms with E-state index in [9.17, 15) is 18.4 Å². The highest BCUT2D eigenvalue weighted by Crippen LogP contribution is 2.23. The van der Waals surface area contributed by atoms with Gasteiger partial charge >= 0.3 is 5.97 Å². The van der Waals surface area contributed by atoms with Crippen molar-refractivity contribution < 1.29 is 27.8 Å². The van der Waals surface area contributed by atoms with Crippen LogP contribution in [-0.4, -0.2) is 49.7 Å². The van der Waals surface area contributed by atoms with Crippen molar-refractivity contribution in [3.63, 3.8) is 0 Å². The molecule has 0 bridgehead atoms. The van der Waals surface area contributed by atoms with Gasteiger partial charge in [-0.2, -0.15) is 0 Å². The zero-order chi connectivity index (χ0) is 16.3. The lowest BCUT2D eigenvalue weighted by Crippen LogP contribution is -2.52. The first-order valence-corrected chi connectivity index (χ1v) is 6.84. The van der Waals surface area contributed by atoms with Gasteiger partial charge in [0.15, 0.2) is 0 Å². The zero-order valence-electron chi connectivity index (χ0n) is 12.3. The Bertz CT molecular complexity index is 558. The number of hydrogen-bond donors (Lipinski definition) is 0. The molecule has 0 saturated carbocycles. The van der Waals surface area contributed by atoms with E-state index < -0.39 is 29.6 Å². The van der Waals surface area contributed by atoms with Crippen LogP contribution in [0, 0.1) is 11.6 Å². The van der Waals surface area contributed by atoms with Gasteiger partial charge in [0.2, 0.25) is 0 Å². The minimum absolute atomic E-state index is 0.137. The second-order valence-corrected chi connectivity index (χ2v) is 5.08. The van der Waals surface area contributed by atoms with Gasteiger partial charge in [0, 0.05) is 31.7 Å². The molecular formula is C15H17F2NO4. The van der Waals surface area contributed by atoms with E-state index in [0.717, 1.165) is 12.1 Å². The Kier molecular flexibility index (Phi) is 5.07. The van der Waals surface area contributed by atoms with Crippen LogP contribution in [0.4, 0.5) is 8.78 Å². The SMILES string of the molecule is COC(=O)[C@H]1C[C@H](OC)CCN1C(=O)c1cc(F)cc(F)c1. The molecule has 22 heavy (non-hydrogen) atoms. The molecule has 1 aromatic rings. The number of esters is 1. The number of carbonyl (C=O) groups is 2. The summed E-state index contributed by atoms with van der Waals surface area (Å²) in [6.07, 6.45) is 0.651. The molecule has 1 saturated heterocycles. The lowest BCUT2D eigenvalue weighted by molar-refractivity contribution is -0.149. The van der Waals surface area contributed by atoms with Crippen LogP contribution in [0.25, 0.3) is 0 Å². The summed E-state index contributed by atoms with van der Waals surface area (Å²) in [5.74, 6) is -2.87. The van der Waals surface area contributed by atoms with E-state index in [4.69, 9.17) is 9.47 Å². The van der Waals surface area contributed by atoms with Crippen molar-refractivity contribution in [2.24, 2.45) is 0 Å². The molecule has 0 aromatic heterocycles. The second-order valence-electron chi connectivity index (χ2n) is 5.08. The molecule has 5 nitrogen and oxygen atoms in total. The largest absolute Gasteiger partial charge is 0.467 e. The van der Waals surface area contributed by atoms with Crippen LogP contribution in [-0.2, 0) is 14.3 Å². The molecule has 1 aromatic carbocycles. The molecule has 7 heteroatoms. The quantitative estimate of drug-likeness (QED) is 0.798. The van der Waals surface area contributed by atoms with Crippen molar-refractivity contribution in [1.29, 1.82) is 0 Å². The Morgan fingerprint density at radius 1 is 1.18 bits per heavy atom. The highest BCUT2D eigenvalue weighted by Gasteiger charge is 2.37. The third kappa shape index (κ3) is 3.41. The Morgan fingerprint density at radius 2 is 1.82 bits per heavy atom. The Morgan fingerprint density at radius 3 is 2.36 bits per heavy atom. The molecule has 2 rings (SSSR count).